The van der Waals surface area contributed by atoms with Crippen molar-refractivity contribution in [1.29, 1.82) is 0 Å². The van der Waals surface area contributed by atoms with Crippen molar-refractivity contribution in [3.05, 3.63) is 30.1 Å². The molecule has 1 aromatic rings. The van der Waals surface area contributed by atoms with Crippen molar-refractivity contribution in [2.24, 2.45) is 11.8 Å². The van der Waals surface area contributed by atoms with Gasteiger partial charge in [-0.1, -0.05) is 6.07 Å². The van der Waals surface area contributed by atoms with E-state index in [1.54, 1.807) is 0 Å². The van der Waals surface area contributed by atoms with Crippen LogP contribution in [0.4, 0.5) is 0 Å². The van der Waals surface area contributed by atoms with E-state index in [2.05, 4.69) is 16.4 Å². The number of nitrogens with zero attached hydrogens (tertiary/aromatic N) is 1. The molecule has 2 nitrogen and oxygen atoms in total. The summed E-state index contributed by atoms with van der Waals surface area (Å²) >= 11 is 0. The van der Waals surface area contributed by atoms with Crippen LogP contribution < -0.4 is 5.32 Å². The smallest absolute Gasteiger partial charge is 0.0299 e. The molecule has 0 amide bonds. The summed E-state index contributed by atoms with van der Waals surface area (Å²) in [6, 6.07) is 5.11. The van der Waals surface area contributed by atoms with Crippen LogP contribution in [0.2, 0.25) is 0 Å². The molecule has 0 aliphatic heterocycles. The van der Waals surface area contributed by atoms with E-state index in [0.717, 1.165) is 17.9 Å². The third-order valence-corrected chi connectivity index (χ3v) is 4.04. The Morgan fingerprint density at radius 3 is 2.69 bits per heavy atom. The number of rotatable bonds is 5. The molecule has 2 atom stereocenters. The van der Waals surface area contributed by atoms with Crippen LogP contribution in [0, 0.1) is 11.8 Å². The SMILES string of the molecule is c1cncc(CC2CCC2CNC2CC2)c1. The highest BCUT2D eigenvalue weighted by molar-refractivity contribution is 5.10. The van der Waals surface area contributed by atoms with Gasteiger partial charge in [0.2, 0.25) is 0 Å². The zero-order chi connectivity index (χ0) is 10.8. The number of aromatic nitrogens is 1. The molecular weight excluding hydrogens is 196 g/mol. The van der Waals surface area contributed by atoms with Crippen LogP contribution in [0.3, 0.4) is 0 Å². The van der Waals surface area contributed by atoms with E-state index in [-0.39, 0.29) is 0 Å². The molecule has 0 aromatic carbocycles. The van der Waals surface area contributed by atoms with Gasteiger partial charge >= 0.3 is 0 Å². The first-order chi connectivity index (χ1) is 7.92. The molecule has 86 valence electrons. The number of nitrogens with one attached hydrogen (secondary N) is 1. The molecule has 0 spiro atoms. The summed E-state index contributed by atoms with van der Waals surface area (Å²) in [5.41, 5.74) is 1.41. The van der Waals surface area contributed by atoms with Crippen LogP contribution >= 0.6 is 0 Å². The van der Waals surface area contributed by atoms with Crippen LogP contribution in [0.15, 0.2) is 24.5 Å². The normalized spacial score (nSPS) is 28.8. The zero-order valence-electron chi connectivity index (χ0n) is 9.73. The standard InChI is InChI=1S/C14H20N2/c1-2-11(9-15-7-1)8-12-3-4-13(12)10-16-14-5-6-14/h1-2,7,9,12-14,16H,3-6,8,10H2. The van der Waals surface area contributed by atoms with Crippen molar-refractivity contribution < 1.29 is 0 Å². The zero-order valence-corrected chi connectivity index (χ0v) is 9.73. The van der Waals surface area contributed by atoms with Gasteiger partial charge in [0.05, 0.1) is 0 Å². The highest BCUT2D eigenvalue weighted by Gasteiger charge is 2.32. The van der Waals surface area contributed by atoms with Crippen LogP contribution in [0.5, 0.6) is 0 Å². The third kappa shape index (κ3) is 2.43. The number of hydrogen-bond donors (Lipinski definition) is 1. The first-order valence-electron chi connectivity index (χ1n) is 6.54. The predicted octanol–water partition coefficient (Wildman–Crippen LogP) is 2.40. The summed E-state index contributed by atoms with van der Waals surface area (Å²) in [5.74, 6) is 1.82. The van der Waals surface area contributed by atoms with Crippen molar-refractivity contribution in [2.75, 3.05) is 6.54 Å². The second kappa shape index (κ2) is 4.54. The topological polar surface area (TPSA) is 24.9 Å². The average molecular weight is 216 g/mol. The van der Waals surface area contributed by atoms with Gasteiger partial charge in [0.25, 0.3) is 0 Å². The van der Waals surface area contributed by atoms with Gasteiger partial charge in [-0.3, -0.25) is 4.98 Å². The fourth-order valence-electron chi connectivity index (χ4n) is 2.60. The summed E-state index contributed by atoms with van der Waals surface area (Å²) in [5, 5.41) is 3.66. The molecule has 2 saturated carbocycles. The van der Waals surface area contributed by atoms with Gasteiger partial charge in [0, 0.05) is 18.4 Å². The van der Waals surface area contributed by atoms with E-state index < -0.39 is 0 Å². The van der Waals surface area contributed by atoms with Crippen LogP contribution in [0.1, 0.15) is 31.2 Å². The Balaban J connectivity index is 1.47. The summed E-state index contributed by atoms with van der Waals surface area (Å²) < 4.78 is 0. The van der Waals surface area contributed by atoms with E-state index in [1.807, 2.05) is 18.5 Å². The second-order valence-corrected chi connectivity index (χ2v) is 5.35. The molecule has 2 fully saturated rings. The average Bonchev–Trinajstić information content (AvgIpc) is 3.10. The summed E-state index contributed by atoms with van der Waals surface area (Å²) in [6.07, 6.45) is 10.7. The van der Waals surface area contributed by atoms with Crippen molar-refractivity contribution >= 4 is 0 Å². The first-order valence-corrected chi connectivity index (χ1v) is 6.54. The van der Waals surface area contributed by atoms with Gasteiger partial charge < -0.3 is 5.32 Å². The van der Waals surface area contributed by atoms with E-state index in [4.69, 9.17) is 0 Å². The van der Waals surface area contributed by atoms with Crippen LogP contribution in [-0.4, -0.2) is 17.6 Å². The van der Waals surface area contributed by atoms with Gasteiger partial charge in [-0.15, -0.1) is 0 Å². The molecule has 1 aromatic heterocycles. The number of pyridine rings is 1. The minimum atomic E-state index is 0.861. The largest absolute Gasteiger partial charge is 0.314 e. The van der Waals surface area contributed by atoms with E-state index in [0.29, 0.717) is 0 Å². The van der Waals surface area contributed by atoms with Crippen molar-refractivity contribution in [1.82, 2.24) is 10.3 Å². The van der Waals surface area contributed by atoms with Crippen molar-refractivity contribution in [3.63, 3.8) is 0 Å². The molecule has 2 aliphatic rings. The second-order valence-electron chi connectivity index (χ2n) is 5.35. The van der Waals surface area contributed by atoms with E-state index in [9.17, 15) is 0 Å². The molecule has 0 bridgehead atoms. The highest BCUT2D eigenvalue weighted by atomic mass is 14.9. The Hall–Kier alpha value is -0.890. The van der Waals surface area contributed by atoms with Crippen LogP contribution in [0.25, 0.3) is 0 Å². The maximum Gasteiger partial charge on any atom is 0.0299 e. The fourth-order valence-corrected chi connectivity index (χ4v) is 2.60. The van der Waals surface area contributed by atoms with Gasteiger partial charge in [-0.2, -0.15) is 0 Å². The van der Waals surface area contributed by atoms with Gasteiger partial charge in [0.1, 0.15) is 0 Å². The Bertz CT molecular complexity index is 332. The summed E-state index contributed by atoms with van der Waals surface area (Å²) in [4.78, 5) is 4.19. The molecule has 1 heterocycles. The Morgan fingerprint density at radius 2 is 2.06 bits per heavy atom. The molecule has 3 rings (SSSR count). The third-order valence-electron chi connectivity index (χ3n) is 4.04. The monoisotopic (exact) mass is 216 g/mol. The van der Waals surface area contributed by atoms with Gasteiger partial charge in [0.15, 0.2) is 0 Å². The predicted molar refractivity (Wildman–Crippen MR) is 65.2 cm³/mol. The maximum absolute atomic E-state index is 4.19. The minimum Gasteiger partial charge on any atom is -0.314 e. The lowest BCUT2D eigenvalue weighted by atomic mass is 9.71. The van der Waals surface area contributed by atoms with Gasteiger partial charge in [-0.05, 0) is 62.1 Å². The van der Waals surface area contributed by atoms with E-state index >= 15 is 0 Å². The number of hydrogen-bond acceptors (Lipinski definition) is 2. The van der Waals surface area contributed by atoms with Crippen LogP contribution in [-0.2, 0) is 6.42 Å². The highest BCUT2D eigenvalue weighted by Crippen LogP contribution is 2.36. The lowest BCUT2D eigenvalue weighted by Crippen LogP contribution is -2.37. The molecule has 16 heavy (non-hydrogen) atoms. The molecule has 0 radical (unpaired) electrons. The molecule has 0 saturated heterocycles. The molecular formula is C14H20N2. The van der Waals surface area contributed by atoms with Gasteiger partial charge in [-0.25, -0.2) is 0 Å². The van der Waals surface area contributed by atoms with Crippen molar-refractivity contribution in [2.45, 2.75) is 38.1 Å². The minimum absolute atomic E-state index is 0.861. The Morgan fingerprint density at radius 1 is 1.19 bits per heavy atom. The van der Waals surface area contributed by atoms with Crippen molar-refractivity contribution in [3.8, 4) is 0 Å². The molecule has 2 aliphatic carbocycles. The molecule has 1 N–H and O–H groups in total. The summed E-state index contributed by atoms with van der Waals surface area (Å²) in [7, 11) is 0. The lowest BCUT2D eigenvalue weighted by molar-refractivity contribution is 0.170. The molecule has 2 unspecified atom stereocenters. The summed E-state index contributed by atoms with van der Waals surface area (Å²) in [6.45, 7) is 1.25. The molecule has 2 heteroatoms. The Kier molecular flexibility index (Phi) is 2.92. The maximum atomic E-state index is 4.19. The quantitative estimate of drug-likeness (QED) is 0.817. The first kappa shape index (κ1) is 10.3. The van der Waals surface area contributed by atoms with E-state index in [1.165, 1.54) is 44.2 Å². The fraction of sp³-hybridized carbons (Fsp3) is 0.643. The Labute approximate surface area is 97.5 Å². The lowest BCUT2D eigenvalue weighted by Gasteiger charge is -2.37.